The number of morpholine rings is 1. The van der Waals surface area contributed by atoms with Gasteiger partial charge in [0.2, 0.25) is 5.91 Å². The molecule has 1 saturated heterocycles. The summed E-state index contributed by atoms with van der Waals surface area (Å²) >= 11 is 0. The highest BCUT2D eigenvalue weighted by molar-refractivity contribution is 5.98. The molecule has 0 aliphatic carbocycles. The minimum absolute atomic E-state index is 0.177. The Morgan fingerprint density at radius 1 is 1.33 bits per heavy atom. The molecule has 0 aromatic heterocycles. The summed E-state index contributed by atoms with van der Waals surface area (Å²) < 4.78 is 10.4. The van der Waals surface area contributed by atoms with E-state index >= 15 is 0 Å². The molecule has 0 saturated carbocycles. The Bertz CT molecular complexity index is 524. The number of rotatable bonds is 4. The summed E-state index contributed by atoms with van der Waals surface area (Å²) in [6, 6.07) is 5.28. The van der Waals surface area contributed by atoms with Crippen molar-refractivity contribution < 1.29 is 19.1 Å². The Labute approximate surface area is 124 Å². The van der Waals surface area contributed by atoms with Gasteiger partial charge in [-0.15, -0.1) is 0 Å². The Kier molecular flexibility index (Phi) is 5.16. The molecule has 0 radical (unpaired) electrons. The molecule has 0 spiro atoms. The molecule has 0 bridgehead atoms. The Morgan fingerprint density at radius 3 is 2.67 bits per heavy atom. The van der Waals surface area contributed by atoms with Crippen molar-refractivity contribution in [1.82, 2.24) is 0 Å². The molecule has 1 aromatic rings. The van der Waals surface area contributed by atoms with Crippen LogP contribution in [0.3, 0.4) is 0 Å². The number of amides is 1. The standard InChI is InChI=1S/C15H20N2O4/c1-3-21-15(19)13-10-12(16-11(2)18)4-5-14(13)17-6-8-20-9-7-17/h4-5,10H,3,6-9H2,1-2H3,(H,16,18). The number of hydrogen-bond donors (Lipinski definition) is 1. The van der Waals surface area contributed by atoms with E-state index < -0.39 is 0 Å². The number of esters is 1. The van der Waals surface area contributed by atoms with Crippen LogP contribution in [0.1, 0.15) is 24.2 Å². The summed E-state index contributed by atoms with van der Waals surface area (Å²) in [7, 11) is 0. The van der Waals surface area contributed by atoms with Gasteiger partial charge in [0.15, 0.2) is 0 Å². The molecule has 21 heavy (non-hydrogen) atoms. The summed E-state index contributed by atoms with van der Waals surface area (Å²) in [6.45, 7) is 6.23. The van der Waals surface area contributed by atoms with Gasteiger partial charge in [-0.2, -0.15) is 0 Å². The van der Waals surface area contributed by atoms with Crippen LogP contribution in [0.15, 0.2) is 18.2 Å². The molecule has 6 nitrogen and oxygen atoms in total. The number of anilines is 2. The van der Waals surface area contributed by atoms with E-state index in [9.17, 15) is 9.59 Å². The number of nitrogens with zero attached hydrogens (tertiary/aromatic N) is 1. The zero-order chi connectivity index (χ0) is 15.2. The van der Waals surface area contributed by atoms with Gasteiger partial charge >= 0.3 is 5.97 Å². The van der Waals surface area contributed by atoms with Crippen LogP contribution in [0.4, 0.5) is 11.4 Å². The summed E-state index contributed by atoms with van der Waals surface area (Å²) in [5.74, 6) is -0.560. The van der Waals surface area contributed by atoms with Crippen LogP contribution in [-0.4, -0.2) is 44.8 Å². The highest BCUT2D eigenvalue weighted by Gasteiger charge is 2.20. The van der Waals surface area contributed by atoms with E-state index in [2.05, 4.69) is 10.2 Å². The molecule has 2 rings (SSSR count). The van der Waals surface area contributed by atoms with Crippen molar-refractivity contribution >= 4 is 23.3 Å². The van der Waals surface area contributed by atoms with E-state index in [1.165, 1.54) is 6.92 Å². The van der Waals surface area contributed by atoms with Crippen LogP contribution in [0.2, 0.25) is 0 Å². The van der Waals surface area contributed by atoms with Gasteiger partial charge in [-0.1, -0.05) is 0 Å². The zero-order valence-corrected chi connectivity index (χ0v) is 12.3. The largest absolute Gasteiger partial charge is 0.462 e. The van der Waals surface area contributed by atoms with Gasteiger partial charge in [0.05, 0.1) is 31.1 Å². The molecule has 1 aromatic carbocycles. The zero-order valence-electron chi connectivity index (χ0n) is 12.3. The van der Waals surface area contributed by atoms with Crippen molar-refractivity contribution in [3.05, 3.63) is 23.8 Å². The Hall–Kier alpha value is -2.08. The fourth-order valence-electron chi connectivity index (χ4n) is 2.27. The number of ether oxygens (including phenoxy) is 2. The number of nitrogens with one attached hydrogen (secondary N) is 1. The lowest BCUT2D eigenvalue weighted by Gasteiger charge is -2.30. The number of hydrogen-bond acceptors (Lipinski definition) is 5. The second kappa shape index (κ2) is 7.08. The van der Waals surface area contributed by atoms with E-state index in [0.29, 0.717) is 31.1 Å². The number of benzene rings is 1. The summed E-state index contributed by atoms with van der Waals surface area (Å²) in [4.78, 5) is 25.4. The lowest BCUT2D eigenvalue weighted by molar-refractivity contribution is -0.114. The first kappa shape index (κ1) is 15.3. The molecule has 1 fully saturated rings. The van der Waals surface area contributed by atoms with Crippen LogP contribution in [0, 0.1) is 0 Å². The van der Waals surface area contributed by atoms with Crippen LogP contribution >= 0.6 is 0 Å². The molecule has 6 heteroatoms. The predicted octanol–water partition coefficient (Wildman–Crippen LogP) is 1.66. The molecule has 1 aliphatic heterocycles. The van der Waals surface area contributed by atoms with Gasteiger partial charge in [-0.25, -0.2) is 4.79 Å². The molecule has 1 amide bonds. The van der Waals surface area contributed by atoms with Crippen molar-refractivity contribution in [3.8, 4) is 0 Å². The van der Waals surface area contributed by atoms with Crippen molar-refractivity contribution in [2.24, 2.45) is 0 Å². The third-order valence-electron chi connectivity index (χ3n) is 3.16. The van der Waals surface area contributed by atoms with Crippen molar-refractivity contribution in [2.75, 3.05) is 43.1 Å². The highest BCUT2D eigenvalue weighted by Crippen LogP contribution is 2.26. The van der Waals surface area contributed by atoms with E-state index in [0.717, 1.165) is 18.8 Å². The maximum Gasteiger partial charge on any atom is 0.340 e. The topological polar surface area (TPSA) is 67.9 Å². The molecule has 114 valence electrons. The normalized spacial score (nSPS) is 14.7. The number of carbonyl (C=O) groups excluding carboxylic acids is 2. The SMILES string of the molecule is CCOC(=O)c1cc(NC(C)=O)ccc1N1CCOCC1. The molecule has 1 heterocycles. The maximum absolute atomic E-state index is 12.2. The minimum atomic E-state index is -0.383. The number of carbonyl (C=O) groups is 2. The van der Waals surface area contributed by atoms with Crippen LogP contribution in [0.5, 0.6) is 0 Å². The lowest BCUT2D eigenvalue weighted by atomic mass is 10.1. The highest BCUT2D eigenvalue weighted by atomic mass is 16.5. The lowest BCUT2D eigenvalue weighted by Crippen LogP contribution is -2.37. The van der Waals surface area contributed by atoms with Gasteiger partial charge in [-0.05, 0) is 25.1 Å². The van der Waals surface area contributed by atoms with Gasteiger partial charge < -0.3 is 19.7 Å². The third kappa shape index (κ3) is 3.95. The van der Waals surface area contributed by atoms with Crippen molar-refractivity contribution in [2.45, 2.75) is 13.8 Å². The average Bonchev–Trinajstić information content (AvgIpc) is 2.48. The quantitative estimate of drug-likeness (QED) is 0.855. The van der Waals surface area contributed by atoms with Gasteiger partial charge in [-0.3, -0.25) is 4.79 Å². The first-order valence-corrected chi connectivity index (χ1v) is 7.03. The van der Waals surface area contributed by atoms with Crippen molar-refractivity contribution in [3.63, 3.8) is 0 Å². The second-order valence-corrected chi connectivity index (χ2v) is 4.73. The van der Waals surface area contributed by atoms with Crippen LogP contribution in [0.25, 0.3) is 0 Å². The molecular weight excluding hydrogens is 272 g/mol. The van der Waals surface area contributed by atoms with Gasteiger partial charge in [0.1, 0.15) is 0 Å². The summed E-state index contributed by atoms with van der Waals surface area (Å²) in [5.41, 5.74) is 1.86. The molecule has 0 unspecified atom stereocenters. The second-order valence-electron chi connectivity index (χ2n) is 4.73. The fourth-order valence-corrected chi connectivity index (χ4v) is 2.27. The maximum atomic E-state index is 12.2. The summed E-state index contributed by atoms with van der Waals surface area (Å²) in [6.07, 6.45) is 0. The third-order valence-corrected chi connectivity index (χ3v) is 3.16. The van der Waals surface area contributed by atoms with E-state index in [-0.39, 0.29) is 11.9 Å². The summed E-state index contributed by atoms with van der Waals surface area (Å²) in [5, 5.41) is 2.68. The monoisotopic (exact) mass is 292 g/mol. The van der Waals surface area contributed by atoms with E-state index in [1.807, 2.05) is 6.07 Å². The molecular formula is C15H20N2O4. The smallest absolute Gasteiger partial charge is 0.340 e. The minimum Gasteiger partial charge on any atom is -0.462 e. The average molecular weight is 292 g/mol. The van der Waals surface area contributed by atoms with Gasteiger partial charge in [0, 0.05) is 25.7 Å². The van der Waals surface area contributed by atoms with Gasteiger partial charge in [0.25, 0.3) is 0 Å². The van der Waals surface area contributed by atoms with Crippen LogP contribution < -0.4 is 10.2 Å². The fraction of sp³-hybridized carbons (Fsp3) is 0.467. The molecule has 1 N–H and O–H groups in total. The van der Waals surface area contributed by atoms with E-state index in [4.69, 9.17) is 9.47 Å². The Morgan fingerprint density at radius 2 is 2.05 bits per heavy atom. The molecule has 0 atom stereocenters. The van der Waals surface area contributed by atoms with Crippen LogP contribution in [-0.2, 0) is 14.3 Å². The van der Waals surface area contributed by atoms with E-state index in [1.54, 1.807) is 19.1 Å². The van der Waals surface area contributed by atoms with Crippen molar-refractivity contribution in [1.29, 1.82) is 0 Å². The first-order chi connectivity index (χ1) is 10.1. The predicted molar refractivity (Wildman–Crippen MR) is 79.7 cm³/mol. The first-order valence-electron chi connectivity index (χ1n) is 7.03. The Balaban J connectivity index is 2.32. The molecule has 1 aliphatic rings.